The third-order valence-electron chi connectivity index (χ3n) is 4.30. The topological polar surface area (TPSA) is 74.7 Å². The summed E-state index contributed by atoms with van der Waals surface area (Å²) in [5, 5.41) is 13.2. The Hall–Kier alpha value is -2.30. The standard InChI is InChI=1S/C16H20N4O/c1-10-7-11(10)9-20(2)15-12-5-3-4-6-14(12)18-8-13(15)16(17)19-21/h3-6,8,10-11,21H,7,9H2,1-2H3,(H2,17,19). The number of nitrogens with two attached hydrogens (primary N) is 1. The van der Waals surface area contributed by atoms with Crippen molar-refractivity contribution >= 4 is 22.4 Å². The minimum Gasteiger partial charge on any atom is -0.409 e. The fourth-order valence-electron chi connectivity index (χ4n) is 2.88. The van der Waals surface area contributed by atoms with Gasteiger partial charge in [-0.1, -0.05) is 30.3 Å². The number of rotatable bonds is 4. The zero-order valence-electron chi connectivity index (χ0n) is 12.3. The number of benzene rings is 1. The van der Waals surface area contributed by atoms with Crippen LogP contribution < -0.4 is 10.6 Å². The van der Waals surface area contributed by atoms with Crippen LogP contribution in [0.1, 0.15) is 18.9 Å². The average Bonchev–Trinajstić information content (AvgIpc) is 3.20. The summed E-state index contributed by atoms with van der Waals surface area (Å²) in [5.74, 6) is 1.61. The number of pyridine rings is 1. The molecule has 110 valence electrons. The van der Waals surface area contributed by atoms with Gasteiger partial charge in [0.25, 0.3) is 0 Å². The maximum absolute atomic E-state index is 9.02. The summed E-state index contributed by atoms with van der Waals surface area (Å²) in [6.45, 7) is 3.24. The smallest absolute Gasteiger partial charge is 0.173 e. The maximum atomic E-state index is 9.02. The summed E-state index contributed by atoms with van der Waals surface area (Å²) in [6, 6.07) is 7.95. The van der Waals surface area contributed by atoms with Crippen LogP contribution in [0.4, 0.5) is 5.69 Å². The molecular weight excluding hydrogens is 264 g/mol. The van der Waals surface area contributed by atoms with Gasteiger partial charge in [0.1, 0.15) is 0 Å². The molecule has 1 heterocycles. The predicted molar refractivity (Wildman–Crippen MR) is 84.8 cm³/mol. The Morgan fingerprint density at radius 3 is 2.86 bits per heavy atom. The molecule has 5 nitrogen and oxygen atoms in total. The molecule has 0 aliphatic heterocycles. The highest BCUT2D eigenvalue weighted by Gasteiger charge is 2.34. The zero-order valence-corrected chi connectivity index (χ0v) is 12.3. The van der Waals surface area contributed by atoms with Crippen molar-refractivity contribution in [3.63, 3.8) is 0 Å². The van der Waals surface area contributed by atoms with E-state index in [1.54, 1.807) is 6.20 Å². The van der Waals surface area contributed by atoms with Crippen molar-refractivity contribution in [2.75, 3.05) is 18.5 Å². The monoisotopic (exact) mass is 284 g/mol. The van der Waals surface area contributed by atoms with Crippen molar-refractivity contribution in [1.29, 1.82) is 0 Å². The second-order valence-electron chi connectivity index (χ2n) is 5.88. The average molecular weight is 284 g/mol. The molecule has 2 unspecified atom stereocenters. The molecule has 0 radical (unpaired) electrons. The molecule has 5 heteroatoms. The van der Waals surface area contributed by atoms with Crippen LogP contribution >= 0.6 is 0 Å². The van der Waals surface area contributed by atoms with E-state index in [0.717, 1.165) is 35.0 Å². The number of nitrogens with zero attached hydrogens (tertiary/aromatic N) is 3. The molecule has 0 saturated heterocycles. The van der Waals surface area contributed by atoms with Gasteiger partial charge >= 0.3 is 0 Å². The Bertz CT molecular complexity index is 698. The lowest BCUT2D eigenvalue weighted by Crippen LogP contribution is -2.25. The summed E-state index contributed by atoms with van der Waals surface area (Å²) in [4.78, 5) is 6.60. The van der Waals surface area contributed by atoms with E-state index in [0.29, 0.717) is 5.56 Å². The molecule has 3 N–H and O–H groups in total. The third-order valence-corrected chi connectivity index (χ3v) is 4.30. The lowest BCUT2D eigenvalue weighted by atomic mass is 10.1. The van der Waals surface area contributed by atoms with Crippen molar-refractivity contribution in [3.8, 4) is 0 Å². The van der Waals surface area contributed by atoms with E-state index in [1.807, 2.05) is 24.3 Å². The molecular formula is C16H20N4O. The second-order valence-corrected chi connectivity index (χ2v) is 5.88. The number of para-hydroxylation sites is 1. The van der Waals surface area contributed by atoms with Crippen molar-refractivity contribution in [1.82, 2.24) is 4.98 Å². The first-order chi connectivity index (χ1) is 10.1. The molecule has 1 aliphatic rings. The number of oxime groups is 1. The summed E-state index contributed by atoms with van der Waals surface area (Å²) in [7, 11) is 2.06. The van der Waals surface area contributed by atoms with Crippen molar-refractivity contribution in [2.24, 2.45) is 22.7 Å². The van der Waals surface area contributed by atoms with Crippen LogP contribution in [0, 0.1) is 11.8 Å². The number of aromatic nitrogens is 1. The van der Waals surface area contributed by atoms with E-state index in [2.05, 4.69) is 29.0 Å². The van der Waals surface area contributed by atoms with Crippen LogP contribution in [-0.4, -0.2) is 29.6 Å². The molecule has 3 rings (SSSR count). The highest BCUT2D eigenvalue weighted by Crippen LogP contribution is 2.40. The highest BCUT2D eigenvalue weighted by molar-refractivity contribution is 6.08. The second kappa shape index (κ2) is 5.24. The molecule has 2 aromatic rings. The number of hydrogen-bond acceptors (Lipinski definition) is 4. The lowest BCUT2D eigenvalue weighted by molar-refractivity contribution is 0.318. The predicted octanol–water partition coefficient (Wildman–Crippen LogP) is 2.42. The van der Waals surface area contributed by atoms with Crippen LogP contribution in [0.3, 0.4) is 0 Å². The van der Waals surface area contributed by atoms with Gasteiger partial charge in [-0.05, 0) is 24.3 Å². The fraction of sp³-hybridized carbons (Fsp3) is 0.375. The maximum Gasteiger partial charge on any atom is 0.173 e. The van der Waals surface area contributed by atoms with Gasteiger partial charge in [-0.3, -0.25) is 4.98 Å². The number of amidine groups is 1. The van der Waals surface area contributed by atoms with Crippen LogP contribution in [0.5, 0.6) is 0 Å². The molecule has 2 atom stereocenters. The molecule has 1 aromatic heterocycles. The van der Waals surface area contributed by atoms with Gasteiger partial charge in [-0.15, -0.1) is 0 Å². The molecule has 1 aliphatic carbocycles. The van der Waals surface area contributed by atoms with Gasteiger partial charge in [0, 0.05) is 25.2 Å². The number of hydrogen-bond donors (Lipinski definition) is 2. The van der Waals surface area contributed by atoms with Crippen LogP contribution in [0.2, 0.25) is 0 Å². The quantitative estimate of drug-likeness (QED) is 0.391. The first-order valence-electron chi connectivity index (χ1n) is 7.18. The Morgan fingerprint density at radius 1 is 1.48 bits per heavy atom. The SMILES string of the molecule is CC1CC1CN(C)c1c(C(N)=NO)cnc2ccccc12. The Labute approximate surface area is 124 Å². The van der Waals surface area contributed by atoms with E-state index in [4.69, 9.17) is 10.9 Å². The summed E-state index contributed by atoms with van der Waals surface area (Å²) < 4.78 is 0. The van der Waals surface area contributed by atoms with Crippen molar-refractivity contribution in [2.45, 2.75) is 13.3 Å². The van der Waals surface area contributed by atoms with E-state index in [9.17, 15) is 0 Å². The number of fused-ring (bicyclic) bond motifs is 1. The summed E-state index contributed by atoms with van der Waals surface area (Å²) in [5.41, 5.74) is 8.40. The molecule has 21 heavy (non-hydrogen) atoms. The van der Waals surface area contributed by atoms with E-state index in [1.165, 1.54) is 6.42 Å². The van der Waals surface area contributed by atoms with Crippen LogP contribution in [-0.2, 0) is 0 Å². The Morgan fingerprint density at radius 2 is 2.19 bits per heavy atom. The molecule has 1 saturated carbocycles. The van der Waals surface area contributed by atoms with Gasteiger partial charge in [-0.25, -0.2) is 0 Å². The zero-order chi connectivity index (χ0) is 15.0. The van der Waals surface area contributed by atoms with E-state index >= 15 is 0 Å². The highest BCUT2D eigenvalue weighted by atomic mass is 16.4. The molecule has 0 amide bonds. The van der Waals surface area contributed by atoms with E-state index < -0.39 is 0 Å². The normalized spacial score (nSPS) is 21.5. The summed E-state index contributed by atoms with van der Waals surface area (Å²) in [6.07, 6.45) is 2.95. The first kappa shape index (κ1) is 13.7. The Kier molecular flexibility index (Phi) is 3.41. The third kappa shape index (κ3) is 2.51. The Balaban J connectivity index is 2.11. The van der Waals surface area contributed by atoms with Gasteiger partial charge in [0.05, 0.1) is 16.8 Å². The first-order valence-corrected chi connectivity index (χ1v) is 7.18. The fourth-order valence-corrected chi connectivity index (χ4v) is 2.88. The van der Waals surface area contributed by atoms with Gasteiger partial charge in [0.15, 0.2) is 5.84 Å². The lowest BCUT2D eigenvalue weighted by Gasteiger charge is -2.24. The van der Waals surface area contributed by atoms with Gasteiger partial charge < -0.3 is 15.8 Å². The summed E-state index contributed by atoms with van der Waals surface area (Å²) >= 11 is 0. The minimum absolute atomic E-state index is 0.0962. The van der Waals surface area contributed by atoms with Crippen LogP contribution in [0.15, 0.2) is 35.6 Å². The number of anilines is 1. The van der Waals surface area contributed by atoms with Crippen LogP contribution in [0.25, 0.3) is 10.9 Å². The molecule has 1 aromatic carbocycles. The molecule has 0 bridgehead atoms. The largest absolute Gasteiger partial charge is 0.409 e. The van der Waals surface area contributed by atoms with Gasteiger partial charge in [0.2, 0.25) is 0 Å². The molecule has 1 fully saturated rings. The molecule has 0 spiro atoms. The van der Waals surface area contributed by atoms with Crippen molar-refractivity contribution in [3.05, 3.63) is 36.0 Å². The van der Waals surface area contributed by atoms with E-state index in [-0.39, 0.29) is 5.84 Å². The van der Waals surface area contributed by atoms with Crippen molar-refractivity contribution < 1.29 is 5.21 Å². The van der Waals surface area contributed by atoms with Gasteiger partial charge in [-0.2, -0.15) is 0 Å². The minimum atomic E-state index is 0.0962.